The molecule has 180 valence electrons. The number of ether oxygens (including phenoxy) is 4. The molecule has 34 heavy (non-hydrogen) atoms. The Bertz CT molecular complexity index is 1190. The molecule has 2 aromatic rings. The molecule has 0 radical (unpaired) electrons. The van der Waals surface area contributed by atoms with Gasteiger partial charge in [0.1, 0.15) is 29.5 Å². The van der Waals surface area contributed by atoms with E-state index in [0.717, 1.165) is 68.8 Å². The summed E-state index contributed by atoms with van der Waals surface area (Å²) in [6.45, 7) is 8.91. The molecule has 0 aromatic heterocycles. The Balaban J connectivity index is 1.62. The zero-order chi connectivity index (χ0) is 24.2. The Morgan fingerprint density at radius 1 is 1.18 bits per heavy atom. The van der Waals surface area contributed by atoms with Crippen molar-refractivity contribution in [3.8, 4) is 17.2 Å². The molecule has 0 aliphatic carbocycles. The largest absolute Gasteiger partial charge is 0.489 e. The van der Waals surface area contributed by atoms with Gasteiger partial charge in [0.2, 0.25) is 5.91 Å². The van der Waals surface area contributed by atoms with E-state index in [4.69, 9.17) is 18.9 Å². The lowest BCUT2D eigenvalue weighted by molar-refractivity contribution is -0.118. The van der Waals surface area contributed by atoms with Crippen molar-refractivity contribution in [2.24, 2.45) is 0 Å². The molecule has 0 spiro atoms. The van der Waals surface area contributed by atoms with Gasteiger partial charge in [0, 0.05) is 30.6 Å². The van der Waals surface area contributed by atoms with Gasteiger partial charge in [-0.25, -0.2) is 0 Å². The highest BCUT2D eigenvalue weighted by atomic mass is 32.2. The van der Waals surface area contributed by atoms with Crippen molar-refractivity contribution in [2.75, 3.05) is 20.5 Å². The summed E-state index contributed by atoms with van der Waals surface area (Å²) in [5, 5.41) is 1.68. The van der Waals surface area contributed by atoms with Gasteiger partial charge in [0.15, 0.2) is 6.79 Å². The van der Waals surface area contributed by atoms with Crippen LogP contribution in [0.1, 0.15) is 52.6 Å². The van der Waals surface area contributed by atoms with E-state index < -0.39 is 10.9 Å². The number of fused-ring (bicyclic) bond motifs is 6. The Labute approximate surface area is 203 Å². The van der Waals surface area contributed by atoms with Gasteiger partial charge in [-0.05, 0) is 62.4 Å². The van der Waals surface area contributed by atoms with Crippen LogP contribution in [0.5, 0.6) is 17.2 Å². The summed E-state index contributed by atoms with van der Waals surface area (Å²) in [5.41, 5.74) is 5.85. The summed E-state index contributed by atoms with van der Waals surface area (Å²) in [5.74, 6) is 2.36. The Morgan fingerprint density at radius 3 is 2.68 bits per heavy atom. The number of carbonyl (C=O) groups excluding carboxylic acids is 2. The highest BCUT2D eigenvalue weighted by Gasteiger charge is 2.44. The van der Waals surface area contributed by atoms with Crippen LogP contribution in [0.4, 0.5) is 4.79 Å². The highest BCUT2D eigenvalue weighted by Crippen LogP contribution is 2.54. The molecule has 2 amide bonds. The lowest BCUT2D eigenvalue weighted by Crippen LogP contribution is -2.42. The normalized spacial score (nSPS) is 25.0. The van der Waals surface area contributed by atoms with Gasteiger partial charge in [-0.15, -0.1) is 0 Å². The fraction of sp³-hybridized carbons (Fsp3) is 0.462. The van der Waals surface area contributed by atoms with Crippen LogP contribution in [0, 0.1) is 20.8 Å². The van der Waals surface area contributed by atoms with Gasteiger partial charge < -0.3 is 18.9 Å². The van der Waals surface area contributed by atoms with Gasteiger partial charge >= 0.3 is 0 Å². The number of methoxy groups -OCH3 is 1. The van der Waals surface area contributed by atoms with E-state index in [1.807, 2.05) is 19.1 Å². The maximum absolute atomic E-state index is 12.1. The van der Waals surface area contributed by atoms with Crippen molar-refractivity contribution in [1.82, 2.24) is 5.32 Å². The summed E-state index contributed by atoms with van der Waals surface area (Å²) >= 11 is 1.05. The minimum Gasteiger partial charge on any atom is -0.489 e. The average molecular weight is 484 g/mol. The molecule has 8 heteroatoms. The summed E-state index contributed by atoms with van der Waals surface area (Å²) in [6, 6.07) is 6.09. The minimum atomic E-state index is -0.469. The number of imide groups is 1. The summed E-state index contributed by atoms with van der Waals surface area (Å²) < 4.78 is 24.0. The van der Waals surface area contributed by atoms with E-state index in [1.165, 1.54) is 0 Å². The molecular weight excluding hydrogens is 454 g/mol. The van der Waals surface area contributed by atoms with Crippen molar-refractivity contribution in [2.45, 2.75) is 57.3 Å². The van der Waals surface area contributed by atoms with Gasteiger partial charge in [0.05, 0.1) is 5.25 Å². The third-order valence-corrected chi connectivity index (χ3v) is 8.04. The number of carbonyl (C=O) groups is 2. The number of nitrogens with one attached hydrogen (secondary N) is 1. The van der Waals surface area contributed by atoms with E-state index in [-0.39, 0.29) is 23.9 Å². The molecule has 2 bridgehead atoms. The van der Waals surface area contributed by atoms with E-state index in [1.54, 1.807) is 7.11 Å². The lowest BCUT2D eigenvalue weighted by atomic mass is 9.76. The standard InChI is InChI=1S/C26H29NO6S/c1-13-14(2)23-21(15(3)22(13)32-12-30-5)18-10-26(4,33-23)11-31-19-7-6-16(8-17(18)19)9-20-24(28)27-25(29)34-20/h6-8,18,20H,9-12H2,1-5H3,(H,27,28,29). The summed E-state index contributed by atoms with van der Waals surface area (Å²) in [7, 11) is 1.61. The molecule has 0 saturated carbocycles. The average Bonchev–Trinajstić information content (AvgIpc) is 3.06. The second-order valence-corrected chi connectivity index (χ2v) is 10.7. The number of amides is 2. The van der Waals surface area contributed by atoms with Crippen molar-refractivity contribution in [3.05, 3.63) is 51.6 Å². The number of hydrogen-bond acceptors (Lipinski definition) is 7. The Morgan fingerprint density at radius 2 is 1.97 bits per heavy atom. The molecule has 3 aliphatic rings. The molecule has 3 unspecified atom stereocenters. The summed E-state index contributed by atoms with van der Waals surface area (Å²) in [4.78, 5) is 23.8. The third-order valence-electron chi connectivity index (χ3n) is 7.06. The first-order valence-corrected chi connectivity index (χ1v) is 12.3. The fourth-order valence-electron chi connectivity index (χ4n) is 5.28. The van der Waals surface area contributed by atoms with Crippen molar-refractivity contribution in [1.29, 1.82) is 0 Å². The molecule has 2 aromatic carbocycles. The lowest BCUT2D eigenvalue weighted by Gasteiger charge is -2.40. The van der Waals surface area contributed by atoms with Gasteiger partial charge in [-0.1, -0.05) is 23.9 Å². The molecule has 7 nitrogen and oxygen atoms in total. The zero-order valence-corrected chi connectivity index (χ0v) is 20.9. The smallest absolute Gasteiger partial charge is 0.286 e. The Kier molecular flexibility index (Phi) is 5.76. The molecule has 3 heterocycles. The SMILES string of the molecule is COCOc1c(C)c(C)c2c(c1C)C1CC(C)(COc3ccc(CC4SC(=O)NC4=O)cc31)O2. The van der Waals surface area contributed by atoms with Gasteiger partial charge in [-0.3, -0.25) is 14.9 Å². The van der Waals surface area contributed by atoms with Gasteiger partial charge in [-0.2, -0.15) is 0 Å². The zero-order valence-electron chi connectivity index (χ0n) is 20.1. The van der Waals surface area contributed by atoms with E-state index in [0.29, 0.717) is 13.0 Å². The fourth-order valence-corrected chi connectivity index (χ4v) is 6.14. The maximum atomic E-state index is 12.1. The first-order valence-electron chi connectivity index (χ1n) is 11.4. The van der Waals surface area contributed by atoms with E-state index in [2.05, 4.69) is 32.2 Å². The van der Waals surface area contributed by atoms with Crippen LogP contribution >= 0.6 is 11.8 Å². The van der Waals surface area contributed by atoms with Crippen molar-refractivity contribution < 1.29 is 28.5 Å². The maximum Gasteiger partial charge on any atom is 0.286 e. The second kappa shape index (κ2) is 8.50. The molecule has 3 aliphatic heterocycles. The van der Waals surface area contributed by atoms with Crippen LogP contribution < -0.4 is 19.5 Å². The predicted octanol–water partition coefficient (Wildman–Crippen LogP) is 4.55. The third kappa shape index (κ3) is 3.82. The number of rotatable bonds is 5. The predicted molar refractivity (Wildman–Crippen MR) is 129 cm³/mol. The van der Waals surface area contributed by atoms with Crippen LogP contribution in [0.15, 0.2) is 18.2 Å². The quantitative estimate of drug-likeness (QED) is 0.625. The molecule has 1 fully saturated rings. The molecule has 1 saturated heterocycles. The van der Waals surface area contributed by atoms with Crippen LogP contribution in [0.3, 0.4) is 0 Å². The second-order valence-electron chi connectivity index (χ2n) is 9.55. The highest BCUT2D eigenvalue weighted by molar-refractivity contribution is 8.15. The minimum absolute atomic E-state index is 0.0436. The van der Waals surface area contributed by atoms with Crippen LogP contribution in [0.2, 0.25) is 0 Å². The Hall–Kier alpha value is -2.71. The van der Waals surface area contributed by atoms with Crippen LogP contribution in [-0.4, -0.2) is 42.5 Å². The molecule has 5 rings (SSSR count). The van der Waals surface area contributed by atoms with Crippen LogP contribution in [0.25, 0.3) is 0 Å². The van der Waals surface area contributed by atoms with Crippen molar-refractivity contribution >= 4 is 22.9 Å². The number of benzene rings is 2. The van der Waals surface area contributed by atoms with Gasteiger partial charge in [0.25, 0.3) is 5.24 Å². The number of hydrogen-bond donors (Lipinski definition) is 1. The topological polar surface area (TPSA) is 83.1 Å². The monoisotopic (exact) mass is 483 g/mol. The molecule has 3 atom stereocenters. The first-order chi connectivity index (χ1) is 16.2. The first kappa shape index (κ1) is 23.1. The van der Waals surface area contributed by atoms with Crippen molar-refractivity contribution in [3.63, 3.8) is 0 Å². The molecule has 1 N–H and O–H groups in total. The van der Waals surface area contributed by atoms with Crippen LogP contribution in [-0.2, 0) is 16.0 Å². The van der Waals surface area contributed by atoms with E-state index in [9.17, 15) is 9.59 Å². The number of thioether (sulfide) groups is 1. The summed E-state index contributed by atoms with van der Waals surface area (Å²) in [6.07, 6.45) is 1.25. The molecular formula is C26H29NO6S. The van der Waals surface area contributed by atoms with E-state index >= 15 is 0 Å².